The van der Waals surface area contributed by atoms with Gasteiger partial charge in [-0.25, -0.2) is 0 Å². The first kappa shape index (κ1) is 14.5. The van der Waals surface area contributed by atoms with Crippen LogP contribution in [0.2, 0.25) is 0 Å². The highest BCUT2D eigenvalue weighted by Crippen LogP contribution is 2.12. The molecule has 4 nitrogen and oxygen atoms in total. The van der Waals surface area contributed by atoms with Crippen molar-refractivity contribution in [2.24, 2.45) is 0 Å². The van der Waals surface area contributed by atoms with Gasteiger partial charge in [0, 0.05) is 12.2 Å². The Balaban J connectivity index is 2.20. The fourth-order valence-corrected chi connectivity index (χ4v) is 2.11. The van der Waals surface area contributed by atoms with Crippen LogP contribution in [0.1, 0.15) is 35.2 Å². The van der Waals surface area contributed by atoms with Gasteiger partial charge in [-0.05, 0) is 30.9 Å². The molecule has 0 saturated heterocycles. The number of hydrogen-bond acceptors (Lipinski definition) is 3. The van der Waals surface area contributed by atoms with Gasteiger partial charge in [0.1, 0.15) is 6.29 Å². The number of amides is 1. The van der Waals surface area contributed by atoms with E-state index in [0.717, 1.165) is 24.7 Å². The van der Waals surface area contributed by atoms with Gasteiger partial charge in [0.05, 0.1) is 12.6 Å². The SMILES string of the molecule is O=C[C@@H]1CC=CCCCOCc2ccccc2C(=O)N1. The minimum atomic E-state index is -0.478. The zero-order valence-electron chi connectivity index (χ0n) is 11.4. The van der Waals surface area contributed by atoms with Gasteiger partial charge in [0.15, 0.2) is 0 Å². The highest BCUT2D eigenvalue weighted by atomic mass is 16.5. The molecule has 1 atom stereocenters. The number of carbonyl (C=O) groups excluding carboxylic acids is 2. The average Bonchev–Trinajstić information content (AvgIpc) is 2.49. The first-order valence-electron chi connectivity index (χ1n) is 6.88. The van der Waals surface area contributed by atoms with E-state index in [1.165, 1.54) is 0 Å². The Bertz CT molecular complexity index is 496. The van der Waals surface area contributed by atoms with Crippen molar-refractivity contribution in [3.8, 4) is 0 Å². The molecule has 0 aromatic heterocycles. The van der Waals surface area contributed by atoms with E-state index in [-0.39, 0.29) is 5.91 Å². The van der Waals surface area contributed by atoms with Crippen LogP contribution in [0.5, 0.6) is 0 Å². The van der Waals surface area contributed by atoms with E-state index < -0.39 is 6.04 Å². The first-order chi connectivity index (χ1) is 9.81. The van der Waals surface area contributed by atoms with Crippen LogP contribution in [0, 0.1) is 0 Å². The molecular formula is C16H19NO3. The van der Waals surface area contributed by atoms with Gasteiger partial charge in [-0.2, -0.15) is 0 Å². The Hall–Kier alpha value is -1.94. The number of rotatable bonds is 1. The van der Waals surface area contributed by atoms with Crippen LogP contribution in [-0.4, -0.2) is 24.8 Å². The van der Waals surface area contributed by atoms with E-state index in [4.69, 9.17) is 4.74 Å². The second kappa shape index (κ2) is 7.60. The molecule has 0 radical (unpaired) electrons. The molecule has 0 fully saturated rings. The summed E-state index contributed by atoms with van der Waals surface area (Å²) >= 11 is 0. The quantitative estimate of drug-likeness (QED) is 0.630. The maximum absolute atomic E-state index is 12.2. The summed E-state index contributed by atoms with van der Waals surface area (Å²) in [6.07, 6.45) is 7.12. The summed E-state index contributed by atoms with van der Waals surface area (Å²) in [5.74, 6) is -0.228. The monoisotopic (exact) mass is 273 g/mol. The lowest BCUT2D eigenvalue weighted by molar-refractivity contribution is -0.109. The maximum atomic E-state index is 12.2. The molecule has 1 heterocycles. The fraction of sp³-hybridized carbons (Fsp3) is 0.375. The maximum Gasteiger partial charge on any atom is 0.252 e. The number of fused-ring (bicyclic) bond motifs is 1. The normalized spacial score (nSPS) is 20.8. The minimum absolute atomic E-state index is 0.228. The summed E-state index contributed by atoms with van der Waals surface area (Å²) in [5.41, 5.74) is 1.42. The van der Waals surface area contributed by atoms with E-state index in [2.05, 4.69) is 5.32 Å². The van der Waals surface area contributed by atoms with Crippen molar-refractivity contribution in [1.82, 2.24) is 5.32 Å². The molecule has 1 aliphatic rings. The van der Waals surface area contributed by atoms with Crippen LogP contribution < -0.4 is 5.32 Å². The summed E-state index contributed by atoms with van der Waals surface area (Å²) < 4.78 is 5.59. The van der Waals surface area contributed by atoms with Gasteiger partial charge < -0.3 is 14.8 Å². The van der Waals surface area contributed by atoms with Gasteiger partial charge in [0.2, 0.25) is 0 Å². The smallest absolute Gasteiger partial charge is 0.252 e. The molecule has 1 aromatic rings. The number of nitrogens with one attached hydrogen (secondary N) is 1. The van der Waals surface area contributed by atoms with Crippen molar-refractivity contribution >= 4 is 12.2 Å². The Labute approximate surface area is 118 Å². The van der Waals surface area contributed by atoms with Gasteiger partial charge >= 0.3 is 0 Å². The highest BCUT2D eigenvalue weighted by molar-refractivity contribution is 5.97. The number of carbonyl (C=O) groups is 2. The van der Waals surface area contributed by atoms with E-state index in [1.54, 1.807) is 6.07 Å². The van der Waals surface area contributed by atoms with Crippen LogP contribution in [0.3, 0.4) is 0 Å². The predicted molar refractivity (Wildman–Crippen MR) is 76.4 cm³/mol. The van der Waals surface area contributed by atoms with Crippen molar-refractivity contribution in [2.75, 3.05) is 6.61 Å². The van der Waals surface area contributed by atoms with E-state index in [0.29, 0.717) is 25.2 Å². The molecule has 20 heavy (non-hydrogen) atoms. The van der Waals surface area contributed by atoms with Crippen molar-refractivity contribution in [1.29, 1.82) is 0 Å². The van der Waals surface area contributed by atoms with Crippen LogP contribution in [0.4, 0.5) is 0 Å². The topological polar surface area (TPSA) is 55.4 Å². The third kappa shape index (κ3) is 4.03. The van der Waals surface area contributed by atoms with Crippen molar-refractivity contribution in [3.05, 3.63) is 47.5 Å². The largest absolute Gasteiger partial charge is 0.377 e. The van der Waals surface area contributed by atoms with Gasteiger partial charge in [-0.1, -0.05) is 30.4 Å². The molecule has 1 aliphatic heterocycles. The summed E-state index contributed by atoms with van der Waals surface area (Å²) in [4.78, 5) is 23.3. The predicted octanol–water partition coefficient (Wildman–Crippen LogP) is 2.24. The zero-order valence-corrected chi connectivity index (χ0v) is 11.4. The van der Waals surface area contributed by atoms with E-state index >= 15 is 0 Å². The van der Waals surface area contributed by atoms with Crippen LogP contribution in [0.25, 0.3) is 0 Å². The second-order valence-corrected chi connectivity index (χ2v) is 4.78. The second-order valence-electron chi connectivity index (χ2n) is 4.78. The Morgan fingerprint density at radius 3 is 2.95 bits per heavy atom. The summed E-state index contributed by atoms with van der Waals surface area (Å²) in [7, 11) is 0. The van der Waals surface area contributed by atoms with Crippen LogP contribution >= 0.6 is 0 Å². The molecule has 4 heteroatoms. The van der Waals surface area contributed by atoms with Crippen LogP contribution in [-0.2, 0) is 16.1 Å². The molecule has 0 unspecified atom stereocenters. The Morgan fingerprint density at radius 1 is 1.25 bits per heavy atom. The molecular weight excluding hydrogens is 254 g/mol. The Morgan fingerprint density at radius 2 is 2.10 bits per heavy atom. The third-order valence-corrected chi connectivity index (χ3v) is 3.22. The number of ether oxygens (including phenoxy) is 1. The molecule has 1 aromatic carbocycles. The fourth-order valence-electron chi connectivity index (χ4n) is 2.11. The van der Waals surface area contributed by atoms with E-state index in [9.17, 15) is 9.59 Å². The highest BCUT2D eigenvalue weighted by Gasteiger charge is 2.15. The molecule has 106 valence electrons. The molecule has 1 amide bonds. The lowest BCUT2D eigenvalue weighted by Gasteiger charge is -2.13. The van der Waals surface area contributed by atoms with Crippen molar-refractivity contribution < 1.29 is 14.3 Å². The summed E-state index contributed by atoms with van der Waals surface area (Å²) in [6.45, 7) is 1.08. The Kier molecular flexibility index (Phi) is 5.50. The molecule has 2 rings (SSSR count). The molecule has 0 spiro atoms. The molecule has 1 N–H and O–H groups in total. The van der Waals surface area contributed by atoms with Crippen molar-refractivity contribution in [3.63, 3.8) is 0 Å². The summed E-state index contributed by atoms with van der Waals surface area (Å²) in [6, 6.07) is 6.85. The van der Waals surface area contributed by atoms with Crippen molar-refractivity contribution in [2.45, 2.75) is 31.9 Å². The van der Waals surface area contributed by atoms with Gasteiger partial charge in [-0.15, -0.1) is 0 Å². The first-order valence-corrected chi connectivity index (χ1v) is 6.88. The summed E-state index contributed by atoms with van der Waals surface area (Å²) in [5, 5.41) is 2.75. The minimum Gasteiger partial charge on any atom is -0.377 e. The van der Waals surface area contributed by atoms with Crippen LogP contribution in [0.15, 0.2) is 36.4 Å². The van der Waals surface area contributed by atoms with E-state index in [1.807, 2.05) is 30.4 Å². The standard InChI is InChI=1S/C16H19NO3/c18-11-14-8-3-1-2-6-10-20-12-13-7-4-5-9-15(13)16(19)17-14/h1,3-5,7,9,11,14H,2,6,8,10,12H2,(H,17,19)/t14-/m0/s1. The molecule has 0 saturated carbocycles. The zero-order chi connectivity index (χ0) is 14.2. The lowest BCUT2D eigenvalue weighted by Crippen LogP contribution is -2.36. The third-order valence-electron chi connectivity index (χ3n) is 3.22. The lowest BCUT2D eigenvalue weighted by atomic mass is 10.1. The average molecular weight is 273 g/mol. The number of aldehydes is 1. The number of allylic oxidation sites excluding steroid dienone is 1. The van der Waals surface area contributed by atoms with Gasteiger partial charge in [-0.3, -0.25) is 4.79 Å². The molecule has 0 aliphatic carbocycles. The molecule has 0 bridgehead atoms. The number of benzene rings is 1. The number of hydrogen-bond donors (Lipinski definition) is 1. The van der Waals surface area contributed by atoms with Gasteiger partial charge in [0.25, 0.3) is 5.91 Å².